The minimum Gasteiger partial charge on any atom is -0.508 e. The van der Waals surface area contributed by atoms with Crippen molar-refractivity contribution >= 4 is 11.9 Å². The molecule has 6 nitrogen and oxygen atoms in total. The molecule has 0 aliphatic carbocycles. The molecule has 0 fully saturated rings. The highest BCUT2D eigenvalue weighted by atomic mass is 16.6. The summed E-state index contributed by atoms with van der Waals surface area (Å²) in [5, 5.41) is 9.32. The van der Waals surface area contributed by atoms with Crippen LogP contribution in [0.1, 0.15) is 66.2 Å². The summed E-state index contributed by atoms with van der Waals surface area (Å²) in [5.41, 5.74) is 0.619. The molecule has 0 heterocycles. The lowest BCUT2D eigenvalue weighted by Crippen LogP contribution is -2.11. The molecule has 34 heavy (non-hydrogen) atoms. The number of benzene rings is 3. The van der Waals surface area contributed by atoms with Crippen LogP contribution in [0.25, 0.3) is 0 Å². The van der Waals surface area contributed by atoms with E-state index in [9.17, 15) is 14.7 Å². The van der Waals surface area contributed by atoms with Crippen LogP contribution in [0.5, 0.6) is 23.0 Å². The lowest BCUT2D eigenvalue weighted by Gasteiger charge is -2.12. The predicted molar refractivity (Wildman–Crippen MR) is 130 cm³/mol. The van der Waals surface area contributed by atoms with Crippen molar-refractivity contribution in [1.82, 2.24) is 0 Å². The van der Waals surface area contributed by atoms with Gasteiger partial charge in [0.25, 0.3) is 0 Å². The molecule has 0 aromatic heterocycles. The van der Waals surface area contributed by atoms with Crippen molar-refractivity contribution < 1.29 is 28.9 Å². The third-order valence-electron chi connectivity index (χ3n) is 5.21. The van der Waals surface area contributed by atoms with Crippen LogP contribution < -0.4 is 14.2 Å². The zero-order valence-corrected chi connectivity index (χ0v) is 19.4. The molecule has 6 heteroatoms. The van der Waals surface area contributed by atoms with E-state index in [1.807, 2.05) is 6.07 Å². The van der Waals surface area contributed by atoms with Crippen LogP contribution in [-0.4, -0.2) is 23.7 Å². The second kappa shape index (κ2) is 13.0. The summed E-state index contributed by atoms with van der Waals surface area (Å²) in [6.07, 6.45) is 7.01. The van der Waals surface area contributed by atoms with Gasteiger partial charge in [0.15, 0.2) is 11.5 Å². The van der Waals surface area contributed by atoms with Gasteiger partial charge in [0.05, 0.1) is 17.7 Å². The number of carbonyl (C=O) groups is 2. The molecule has 0 aliphatic heterocycles. The molecule has 0 saturated heterocycles. The van der Waals surface area contributed by atoms with E-state index < -0.39 is 11.9 Å². The Morgan fingerprint density at radius 3 is 1.91 bits per heavy atom. The van der Waals surface area contributed by atoms with Crippen LogP contribution in [0.4, 0.5) is 0 Å². The standard InChI is InChI=1S/C28H30O6/c1-2-3-4-5-6-9-20-32-25-10-7-8-11-26(25)34-28(31)22-14-18-24(19-15-22)33-27(30)21-12-16-23(29)17-13-21/h7-8,10-19,29H,2-6,9,20H2,1H3. The number of rotatable bonds is 12. The molecule has 0 spiro atoms. The van der Waals surface area contributed by atoms with Gasteiger partial charge in [-0.3, -0.25) is 0 Å². The number of unbranched alkanes of at least 4 members (excludes halogenated alkanes) is 5. The summed E-state index contributed by atoms with van der Waals surface area (Å²) in [5.74, 6) is 0.148. The molecule has 178 valence electrons. The van der Waals surface area contributed by atoms with Crippen LogP contribution in [0.3, 0.4) is 0 Å². The number of para-hydroxylation sites is 2. The molecule has 0 unspecified atom stereocenters. The first kappa shape index (κ1) is 24.8. The highest BCUT2D eigenvalue weighted by molar-refractivity contribution is 5.92. The van der Waals surface area contributed by atoms with Gasteiger partial charge in [-0.05, 0) is 67.1 Å². The van der Waals surface area contributed by atoms with Crippen molar-refractivity contribution in [3.63, 3.8) is 0 Å². The maximum Gasteiger partial charge on any atom is 0.343 e. The molecule has 0 radical (unpaired) electrons. The Hall–Kier alpha value is -3.80. The molecular formula is C28H30O6. The molecule has 3 aromatic carbocycles. The summed E-state index contributed by atoms with van der Waals surface area (Å²) >= 11 is 0. The van der Waals surface area contributed by atoms with Gasteiger partial charge in [-0.2, -0.15) is 0 Å². The Morgan fingerprint density at radius 2 is 1.24 bits per heavy atom. The van der Waals surface area contributed by atoms with Gasteiger partial charge in [-0.15, -0.1) is 0 Å². The van der Waals surface area contributed by atoms with Crippen LogP contribution in [0.15, 0.2) is 72.8 Å². The summed E-state index contributed by atoms with van der Waals surface area (Å²) in [6.45, 7) is 2.77. The van der Waals surface area contributed by atoms with Crippen molar-refractivity contribution in [2.24, 2.45) is 0 Å². The van der Waals surface area contributed by atoms with Gasteiger partial charge in [0.1, 0.15) is 11.5 Å². The molecule has 1 N–H and O–H groups in total. The number of esters is 2. The molecule has 0 amide bonds. The zero-order valence-electron chi connectivity index (χ0n) is 19.4. The van der Waals surface area contributed by atoms with E-state index in [1.165, 1.54) is 74.2 Å². The fourth-order valence-corrected chi connectivity index (χ4v) is 3.30. The van der Waals surface area contributed by atoms with E-state index in [0.29, 0.717) is 29.2 Å². The quantitative estimate of drug-likeness (QED) is 0.186. The second-order valence-corrected chi connectivity index (χ2v) is 7.91. The average molecular weight is 463 g/mol. The van der Waals surface area contributed by atoms with Gasteiger partial charge < -0.3 is 19.3 Å². The van der Waals surface area contributed by atoms with Gasteiger partial charge in [0.2, 0.25) is 0 Å². The van der Waals surface area contributed by atoms with Crippen molar-refractivity contribution in [3.8, 4) is 23.0 Å². The lowest BCUT2D eigenvalue weighted by molar-refractivity contribution is 0.0726. The van der Waals surface area contributed by atoms with E-state index >= 15 is 0 Å². The van der Waals surface area contributed by atoms with Gasteiger partial charge in [-0.1, -0.05) is 51.2 Å². The molecule has 3 aromatic rings. The highest BCUT2D eigenvalue weighted by Gasteiger charge is 2.14. The SMILES string of the molecule is CCCCCCCCOc1ccccc1OC(=O)c1ccc(OC(=O)c2ccc(O)cc2)cc1. The summed E-state index contributed by atoms with van der Waals surface area (Å²) in [7, 11) is 0. The molecule has 0 bridgehead atoms. The van der Waals surface area contributed by atoms with Crippen LogP contribution in [0, 0.1) is 0 Å². The summed E-state index contributed by atoms with van der Waals surface area (Å²) in [4.78, 5) is 24.8. The Bertz CT molecular complexity index is 1060. The zero-order chi connectivity index (χ0) is 24.2. The first-order valence-electron chi connectivity index (χ1n) is 11.6. The Labute approximate surface area is 200 Å². The van der Waals surface area contributed by atoms with Crippen molar-refractivity contribution in [2.75, 3.05) is 6.61 Å². The minimum atomic E-state index is -0.563. The predicted octanol–water partition coefficient (Wildman–Crippen LogP) is 6.57. The Balaban J connectivity index is 1.52. The molecule has 0 aliphatic rings. The highest BCUT2D eigenvalue weighted by Crippen LogP contribution is 2.28. The average Bonchev–Trinajstić information content (AvgIpc) is 2.85. The number of hydrogen-bond acceptors (Lipinski definition) is 6. The van der Waals surface area contributed by atoms with Gasteiger partial charge >= 0.3 is 11.9 Å². The number of phenolic OH excluding ortho intramolecular Hbond substituents is 1. The molecular weight excluding hydrogens is 432 g/mol. The third kappa shape index (κ3) is 7.66. The topological polar surface area (TPSA) is 82.1 Å². The maximum atomic E-state index is 12.6. The normalized spacial score (nSPS) is 10.5. The van der Waals surface area contributed by atoms with Crippen molar-refractivity contribution in [3.05, 3.63) is 83.9 Å². The smallest absolute Gasteiger partial charge is 0.343 e. The van der Waals surface area contributed by atoms with Gasteiger partial charge in [0, 0.05) is 0 Å². The van der Waals surface area contributed by atoms with E-state index in [-0.39, 0.29) is 11.5 Å². The van der Waals surface area contributed by atoms with E-state index in [1.54, 1.807) is 18.2 Å². The van der Waals surface area contributed by atoms with E-state index in [0.717, 1.165) is 12.8 Å². The van der Waals surface area contributed by atoms with Crippen LogP contribution >= 0.6 is 0 Å². The summed E-state index contributed by atoms with van der Waals surface area (Å²) < 4.78 is 16.7. The fraction of sp³-hybridized carbons (Fsp3) is 0.286. The van der Waals surface area contributed by atoms with E-state index in [2.05, 4.69) is 6.92 Å². The van der Waals surface area contributed by atoms with Crippen LogP contribution in [-0.2, 0) is 0 Å². The van der Waals surface area contributed by atoms with Crippen LogP contribution in [0.2, 0.25) is 0 Å². The largest absolute Gasteiger partial charge is 0.508 e. The first-order valence-corrected chi connectivity index (χ1v) is 11.6. The molecule has 0 saturated carbocycles. The van der Waals surface area contributed by atoms with Gasteiger partial charge in [-0.25, -0.2) is 9.59 Å². The van der Waals surface area contributed by atoms with Crippen molar-refractivity contribution in [1.29, 1.82) is 0 Å². The minimum absolute atomic E-state index is 0.0637. The van der Waals surface area contributed by atoms with Crippen molar-refractivity contribution in [2.45, 2.75) is 45.4 Å². The molecule has 0 atom stereocenters. The van der Waals surface area contributed by atoms with E-state index in [4.69, 9.17) is 14.2 Å². The lowest BCUT2D eigenvalue weighted by atomic mass is 10.1. The third-order valence-corrected chi connectivity index (χ3v) is 5.21. The number of hydrogen-bond donors (Lipinski definition) is 1. The molecule has 3 rings (SSSR count). The number of phenols is 1. The number of ether oxygens (including phenoxy) is 3. The Kier molecular flexibility index (Phi) is 9.52. The fourth-order valence-electron chi connectivity index (χ4n) is 3.30. The monoisotopic (exact) mass is 462 g/mol. The number of aromatic hydroxyl groups is 1. The second-order valence-electron chi connectivity index (χ2n) is 7.91. The maximum absolute atomic E-state index is 12.6. The first-order chi connectivity index (χ1) is 16.6. The number of carbonyl (C=O) groups excluding carboxylic acids is 2. The summed E-state index contributed by atoms with van der Waals surface area (Å²) in [6, 6.07) is 19.0. The Morgan fingerprint density at radius 1 is 0.676 bits per heavy atom.